The van der Waals surface area contributed by atoms with Crippen molar-refractivity contribution in [2.45, 2.75) is 64.1 Å². The maximum absolute atomic E-state index is 12.4. The summed E-state index contributed by atoms with van der Waals surface area (Å²) in [4.78, 5) is 24.5. The predicted molar refractivity (Wildman–Crippen MR) is 149 cm³/mol. The number of aldehydes is 1. The average Bonchev–Trinajstić information content (AvgIpc) is 3.68. The van der Waals surface area contributed by atoms with Crippen LogP contribution in [0.5, 0.6) is 11.5 Å². The van der Waals surface area contributed by atoms with Gasteiger partial charge in [-0.3, -0.25) is 9.80 Å². The molecule has 1 aliphatic heterocycles. The lowest BCUT2D eigenvalue weighted by molar-refractivity contribution is -0.113. The van der Waals surface area contributed by atoms with Gasteiger partial charge < -0.3 is 24.0 Å². The van der Waals surface area contributed by atoms with Crippen molar-refractivity contribution in [2.24, 2.45) is 11.0 Å². The van der Waals surface area contributed by atoms with Crippen molar-refractivity contribution in [3.8, 4) is 11.5 Å². The molecule has 5 rings (SSSR count). The van der Waals surface area contributed by atoms with Crippen LogP contribution in [0.3, 0.4) is 0 Å². The third-order valence-electron chi connectivity index (χ3n) is 7.51. The van der Waals surface area contributed by atoms with Crippen LogP contribution in [0.4, 0.5) is 5.69 Å². The lowest BCUT2D eigenvalue weighted by Gasteiger charge is -2.35. The zero-order valence-corrected chi connectivity index (χ0v) is 22.5. The average molecular weight is 530 g/mol. The van der Waals surface area contributed by atoms with Crippen molar-refractivity contribution in [3.63, 3.8) is 0 Å². The second kappa shape index (κ2) is 12.2. The molecule has 3 aromatic rings. The van der Waals surface area contributed by atoms with E-state index in [0.717, 1.165) is 48.1 Å². The molecule has 39 heavy (non-hydrogen) atoms. The fourth-order valence-corrected chi connectivity index (χ4v) is 5.40. The highest BCUT2D eigenvalue weighted by Crippen LogP contribution is 2.35. The fourth-order valence-electron chi connectivity index (χ4n) is 5.40. The second-order valence-corrected chi connectivity index (χ2v) is 10.1. The van der Waals surface area contributed by atoms with Crippen LogP contribution >= 0.6 is 0 Å². The Kier molecular flexibility index (Phi) is 8.30. The van der Waals surface area contributed by atoms with Crippen LogP contribution < -0.4 is 14.8 Å². The number of rotatable bonds is 10. The Morgan fingerprint density at radius 1 is 1.13 bits per heavy atom. The summed E-state index contributed by atoms with van der Waals surface area (Å²) in [5, 5.41) is 9.74. The molecule has 1 N–H and O–H groups in total. The Balaban J connectivity index is 1.40. The van der Waals surface area contributed by atoms with E-state index in [2.05, 4.69) is 12.2 Å². The molecule has 2 unspecified atom stereocenters. The number of hydrogen-bond donors (Lipinski definition) is 1. The first-order valence-electron chi connectivity index (χ1n) is 13.7. The van der Waals surface area contributed by atoms with E-state index in [-0.39, 0.29) is 29.7 Å². The number of nitrogens with zero attached hydrogens (tertiary/aromatic N) is 2. The van der Waals surface area contributed by atoms with E-state index in [0.29, 0.717) is 24.4 Å². The number of carbonyl (C=O) groups is 2. The van der Waals surface area contributed by atoms with Crippen molar-refractivity contribution in [1.29, 1.82) is 0 Å². The first-order chi connectivity index (χ1) is 19.1. The molecular formula is C31H35N3O5. The standard InChI is InChI=1S/C31H35N3O5/c1-3-22-17-25(20-35)34(19-21-8-6-9-24(16-21)32-31(36)28-12-7-15-38-28)33-30(22)23-13-14-27(37-2)29(18-23)39-26-10-4-5-11-26/h6-9,12-16,18,20,22,25-26H,3-5,10-11,17,19H2,1-2H3,(H,32,36). The molecule has 0 saturated heterocycles. The number of carbonyl (C=O) groups excluding carboxylic acids is 2. The van der Waals surface area contributed by atoms with Gasteiger partial charge in [0.1, 0.15) is 12.3 Å². The van der Waals surface area contributed by atoms with Gasteiger partial charge in [-0.05, 0) is 86.6 Å². The van der Waals surface area contributed by atoms with E-state index in [1.807, 2.05) is 47.5 Å². The Labute approximate surface area is 229 Å². The molecule has 2 aromatic carbocycles. The van der Waals surface area contributed by atoms with Gasteiger partial charge in [-0.1, -0.05) is 19.1 Å². The van der Waals surface area contributed by atoms with Gasteiger partial charge in [0.15, 0.2) is 17.3 Å². The lowest BCUT2D eigenvalue weighted by atomic mass is 9.87. The van der Waals surface area contributed by atoms with E-state index in [1.165, 1.54) is 19.1 Å². The van der Waals surface area contributed by atoms with E-state index in [1.54, 1.807) is 19.2 Å². The van der Waals surface area contributed by atoms with Crippen molar-refractivity contribution >= 4 is 23.6 Å². The van der Waals surface area contributed by atoms with E-state index in [9.17, 15) is 9.59 Å². The maximum atomic E-state index is 12.4. The van der Waals surface area contributed by atoms with Crippen LogP contribution in [0.2, 0.25) is 0 Å². The Bertz CT molecular complexity index is 1310. The largest absolute Gasteiger partial charge is 0.493 e. The number of nitrogens with one attached hydrogen (secondary N) is 1. The minimum atomic E-state index is -0.340. The molecule has 1 aromatic heterocycles. The molecule has 8 heteroatoms. The van der Waals surface area contributed by atoms with Crippen molar-refractivity contribution in [1.82, 2.24) is 5.01 Å². The van der Waals surface area contributed by atoms with Gasteiger partial charge in [-0.15, -0.1) is 0 Å². The number of hydrogen-bond acceptors (Lipinski definition) is 7. The number of furan rings is 1. The molecule has 2 atom stereocenters. The monoisotopic (exact) mass is 529 g/mol. The summed E-state index contributed by atoms with van der Waals surface area (Å²) in [7, 11) is 1.66. The van der Waals surface area contributed by atoms with Crippen molar-refractivity contribution in [3.05, 3.63) is 77.7 Å². The van der Waals surface area contributed by atoms with Gasteiger partial charge in [-0.2, -0.15) is 5.10 Å². The quantitative estimate of drug-likeness (QED) is 0.321. The Morgan fingerprint density at radius 3 is 2.69 bits per heavy atom. The molecule has 204 valence electrons. The van der Waals surface area contributed by atoms with Crippen molar-refractivity contribution < 1.29 is 23.5 Å². The summed E-state index contributed by atoms with van der Waals surface area (Å²) < 4.78 is 17.1. The highest BCUT2D eigenvalue weighted by molar-refractivity contribution is 6.03. The first-order valence-corrected chi connectivity index (χ1v) is 13.7. The van der Waals surface area contributed by atoms with E-state index >= 15 is 0 Å². The molecule has 2 heterocycles. The topological polar surface area (TPSA) is 93.4 Å². The molecule has 8 nitrogen and oxygen atoms in total. The number of hydrazone groups is 1. The number of methoxy groups -OCH3 is 1. The number of benzene rings is 2. The number of ether oxygens (including phenoxy) is 2. The summed E-state index contributed by atoms with van der Waals surface area (Å²) >= 11 is 0. The molecule has 1 saturated carbocycles. The molecule has 0 spiro atoms. The second-order valence-electron chi connectivity index (χ2n) is 10.1. The molecular weight excluding hydrogens is 494 g/mol. The van der Waals surface area contributed by atoms with E-state index in [4.69, 9.17) is 19.0 Å². The Morgan fingerprint density at radius 2 is 1.97 bits per heavy atom. The van der Waals surface area contributed by atoms with Gasteiger partial charge >= 0.3 is 0 Å². The zero-order chi connectivity index (χ0) is 27.2. The minimum Gasteiger partial charge on any atom is -0.493 e. The minimum absolute atomic E-state index is 0.142. The lowest BCUT2D eigenvalue weighted by Crippen LogP contribution is -2.41. The maximum Gasteiger partial charge on any atom is 0.291 e. The molecule has 1 amide bonds. The Hall–Kier alpha value is -4.07. The first kappa shape index (κ1) is 26.5. The van der Waals surface area contributed by atoms with Crippen LogP contribution in [0.15, 0.2) is 70.4 Å². The third kappa shape index (κ3) is 6.16. The van der Waals surface area contributed by atoms with Crippen molar-refractivity contribution in [2.75, 3.05) is 12.4 Å². The molecule has 0 radical (unpaired) electrons. The normalized spacial score (nSPS) is 19.4. The van der Waals surface area contributed by atoms with Gasteiger partial charge in [0.2, 0.25) is 0 Å². The van der Waals surface area contributed by atoms with Crippen LogP contribution in [-0.2, 0) is 11.3 Å². The predicted octanol–water partition coefficient (Wildman–Crippen LogP) is 6.07. The highest BCUT2D eigenvalue weighted by Gasteiger charge is 2.31. The summed E-state index contributed by atoms with van der Waals surface area (Å²) in [6, 6.07) is 16.5. The van der Waals surface area contributed by atoms with Crippen LogP contribution in [0, 0.1) is 5.92 Å². The SMILES string of the molecule is CCC1CC(C=O)N(Cc2cccc(NC(=O)c3ccco3)c2)N=C1c1ccc(OC)c(OC2CCCC2)c1. The van der Waals surface area contributed by atoms with Crippen LogP contribution in [0.1, 0.15) is 67.1 Å². The summed E-state index contributed by atoms with van der Waals surface area (Å²) in [5.41, 5.74) is 3.49. The van der Waals surface area contributed by atoms with Crippen LogP contribution in [-0.4, -0.2) is 42.2 Å². The van der Waals surface area contributed by atoms with Gasteiger partial charge in [0.05, 0.1) is 31.7 Å². The summed E-state index contributed by atoms with van der Waals surface area (Å²) in [6.45, 7) is 2.55. The van der Waals surface area contributed by atoms with Gasteiger partial charge in [0, 0.05) is 17.2 Å². The fraction of sp³-hybridized carbons (Fsp3) is 0.387. The van der Waals surface area contributed by atoms with Crippen LogP contribution in [0.25, 0.3) is 0 Å². The highest BCUT2D eigenvalue weighted by atomic mass is 16.5. The number of anilines is 1. The zero-order valence-electron chi connectivity index (χ0n) is 22.5. The third-order valence-corrected chi connectivity index (χ3v) is 7.51. The van der Waals surface area contributed by atoms with Gasteiger partial charge in [0.25, 0.3) is 5.91 Å². The van der Waals surface area contributed by atoms with Gasteiger partial charge in [-0.25, -0.2) is 0 Å². The number of amides is 1. The van der Waals surface area contributed by atoms with E-state index < -0.39 is 0 Å². The molecule has 1 aliphatic carbocycles. The molecule has 2 aliphatic rings. The summed E-state index contributed by atoms with van der Waals surface area (Å²) in [6.07, 6.45) is 8.69. The smallest absolute Gasteiger partial charge is 0.291 e. The summed E-state index contributed by atoms with van der Waals surface area (Å²) in [5.74, 6) is 1.52. The molecule has 0 bridgehead atoms. The molecule has 1 fully saturated rings.